The molecule has 1 rings (SSSR count). The van der Waals surface area contributed by atoms with Crippen molar-refractivity contribution in [1.82, 2.24) is 10.3 Å². The molecule has 1 atom stereocenters. The SMILES string of the molecule is CCCNCc1coc(N(C)C(CC)CSC)n1. The molecule has 1 unspecified atom stereocenters. The highest BCUT2D eigenvalue weighted by atomic mass is 32.2. The van der Waals surface area contributed by atoms with Crippen LogP contribution in [0.2, 0.25) is 0 Å². The van der Waals surface area contributed by atoms with Crippen molar-refractivity contribution in [3.63, 3.8) is 0 Å². The molecule has 0 saturated heterocycles. The molecule has 1 N–H and O–H groups in total. The van der Waals surface area contributed by atoms with Crippen LogP contribution in [0.25, 0.3) is 0 Å². The fourth-order valence-corrected chi connectivity index (χ4v) is 2.63. The first-order valence-electron chi connectivity index (χ1n) is 6.59. The third-order valence-corrected chi connectivity index (χ3v) is 3.67. The van der Waals surface area contributed by atoms with Gasteiger partial charge in [0.15, 0.2) is 0 Å². The maximum absolute atomic E-state index is 5.55. The Kier molecular flexibility index (Phi) is 7.20. The molecule has 0 radical (unpaired) electrons. The van der Waals surface area contributed by atoms with Gasteiger partial charge in [0.25, 0.3) is 6.01 Å². The summed E-state index contributed by atoms with van der Waals surface area (Å²) in [6, 6.07) is 1.21. The van der Waals surface area contributed by atoms with Crippen molar-refractivity contribution in [3.05, 3.63) is 12.0 Å². The minimum absolute atomic E-state index is 0.482. The van der Waals surface area contributed by atoms with Gasteiger partial charge in [0.2, 0.25) is 0 Å². The second kappa shape index (κ2) is 8.43. The van der Waals surface area contributed by atoms with E-state index in [9.17, 15) is 0 Å². The van der Waals surface area contributed by atoms with Crippen LogP contribution >= 0.6 is 11.8 Å². The summed E-state index contributed by atoms with van der Waals surface area (Å²) < 4.78 is 5.55. The molecule has 1 heterocycles. The molecule has 4 nitrogen and oxygen atoms in total. The molecule has 0 aromatic carbocycles. The fraction of sp³-hybridized carbons (Fsp3) is 0.769. The predicted molar refractivity (Wildman–Crippen MR) is 79.4 cm³/mol. The summed E-state index contributed by atoms with van der Waals surface area (Å²) in [5, 5.41) is 3.33. The molecule has 0 saturated carbocycles. The summed E-state index contributed by atoms with van der Waals surface area (Å²) in [7, 11) is 2.06. The lowest BCUT2D eigenvalue weighted by Crippen LogP contribution is -2.33. The monoisotopic (exact) mass is 271 g/mol. The van der Waals surface area contributed by atoms with Crippen molar-refractivity contribution in [2.75, 3.05) is 30.5 Å². The summed E-state index contributed by atoms with van der Waals surface area (Å²) in [5.41, 5.74) is 0.976. The number of rotatable bonds is 9. The first kappa shape index (κ1) is 15.4. The topological polar surface area (TPSA) is 41.3 Å². The zero-order valence-electron chi connectivity index (χ0n) is 11.9. The maximum Gasteiger partial charge on any atom is 0.297 e. The number of aromatic nitrogens is 1. The van der Waals surface area contributed by atoms with Crippen molar-refractivity contribution in [1.29, 1.82) is 0 Å². The van der Waals surface area contributed by atoms with E-state index in [0.29, 0.717) is 6.04 Å². The van der Waals surface area contributed by atoms with Crippen LogP contribution in [0, 0.1) is 0 Å². The average Bonchev–Trinajstić information content (AvgIpc) is 2.84. The van der Waals surface area contributed by atoms with Crippen molar-refractivity contribution in [2.24, 2.45) is 0 Å². The van der Waals surface area contributed by atoms with E-state index in [1.165, 1.54) is 0 Å². The van der Waals surface area contributed by atoms with Gasteiger partial charge in [-0.2, -0.15) is 16.7 Å². The molecule has 0 bridgehead atoms. The summed E-state index contributed by atoms with van der Waals surface area (Å²) >= 11 is 1.86. The van der Waals surface area contributed by atoms with Crippen LogP contribution in [0.4, 0.5) is 6.01 Å². The predicted octanol–water partition coefficient (Wildman–Crippen LogP) is 2.75. The van der Waals surface area contributed by atoms with Crippen LogP contribution in [0.1, 0.15) is 32.4 Å². The molecule has 0 spiro atoms. The van der Waals surface area contributed by atoms with Gasteiger partial charge in [-0.3, -0.25) is 0 Å². The quantitative estimate of drug-likeness (QED) is 0.699. The highest BCUT2D eigenvalue weighted by molar-refractivity contribution is 7.98. The number of nitrogens with one attached hydrogen (secondary N) is 1. The maximum atomic E-state index is 5.55. The Balaban J connectivity index is 2.54. The summed E-state index contributed by atoms with van der Waals surface area (Å²) in [4.78, 5) is 6.66. The fourth-order valence-electron chi connectivity index (χ4n) is 1.78. The van der Waals surface area contributed by atoms with Crippen LogP contribution in [-0.4, -0.2) is 36.6 Å². The van der Waals surface area contributed by atoms with Gasteiger partial charge in [-0.05, 0) is 25.6 Å². The Morgan fingerprint density at radius 1 is 1.50 bits per heavy atom. The smallest absolute Gasteiger partial charge is 0.297 e. The van der Waals surface area contributed by atoms with Crippen molar-refractivity contribution in [2.45, 2.75) is 39.3 Å². The van der Waals surface area contributed by atoms with Crippen LogP contribution in [-0.2, 0) is 6.54 Å². The van der Waals surface area contributed by atoms with E-state index in [2.05, 4.69) is 42.4 Å². The number of anilines is 1. The van der Waals surface area contributed by atoms with Crippen LogP contribution in [0.5, 0.6) is 0 Å². The van der Waals surface area contributed by atoms with Crippen molar-refractivity contribution in [3.8, 4) is 0 Å². The largest absolute Gasteiger partial charge is 0.432 e. The Bertz CT molecular complexity index is 330. The van der Waals surface area contributed by atoms with E-state index in [1.807, 2.05) is 11.8 Å². The molecule has 1 aromatic heterocycles. The third-order valence-electron chi connectivity index (χ3n) is 2.95. The Morgan fingerprint density at radius 3 is 2.89 bits per heavy atom. The molecule has 0 aliphatic carbocycles. The van der Waals surface area contributed by atoms with Gasteiger partial charge >= 0.3 is 0 Å². The zero-order valence-corrected chi connectivity index (χ0v) is 12.7. The van der Waals surface area contributed by atoms with Gasteiger partial charge in [-0.15, -0.1) is 0 Å². The lowest BCUT2D eigenvalue weighted by Gasteiger charge is -2.24. The number of oxazole rings is 1. The molecular weight excluding hydrogens is 246 g/mol. The minimum Gasteiger partial charge on any atom is -0.432 e. The Labute approximate surface area is 115 Å². The van der Waals surface area contributed by atoms with E-state index in [0.717, 1.165) is 43.4 Å². The van der Waals surface area contributed by atoms with E-state index < -0.39 is 0 Å². The van der Waals surface area contributed by atoms with Crippen molar-refractivity contribution < 1.29 is 4.42 Å². The highest BCUT2D eigenvalue weighted by Crippen LogP contribution is 2.18. The second-order valence-corrected chi connectivity index (χ2v) is 5.34. The number of thioether (sulfide) groups is 1. The van der Waals surface area contributed by atoms with E-state index in [-0.39, 0.29) is 0 Å². The van der Waals surface area contributed by atoms with Crippen LogP contribution < -0.4 is 10.2 Å². The molecule has 18 heavy (non-hydrogen) atoms. The first-order valence-corrected chi connectivity index (χ1v) is 7.99. The molecule has 0 aliphatic rings. The van der Waals surface area contributed by atoms with Gasteiger partial charge in [-0.25, -0.2) is 0 Å². The average molecular weight is 271 g/mol. The normalized spacial score (nSPS) is 12.7. The van der Waals surface area contributed by atoms with Gasteiger partial charge < -0.3 is 14.6 Å². The number of hydrogen-bond donors (Lipinski definition) is 1. The molecule has 1 aromatic rings. The third kappa shape index (κ3) is 4.53. The second-order valence-electron chi connectivity index (χ2n) is 4.43. The summed E-state index contributed by atoms with van der Waals surface area (Å²) in [6.07, 6.45) is 6.12. The van der Waals surface area contributed by atoms with Gasteiger partial charge in [0.05, 0.1) is 5.69 Å². The molecule has 5 heteroatoms. The first-order chi connectivity index (χ1) is 8.72. The minimum atomic E-state index is 0.482. The van der Waals surface area contributed by atoms with Gasteiger partial charge in [0.1, 0.15) is 6.26 Å². The Hall–Kier alpha value is -0.680. The number of nitrogens with zero attached hydrogens (tertiary/aromatic N) is 2. The van der Waals surface area contributed by atoms with Gasteiger partial charge in [-0.1, -0.05) is 13.8 Å². The zero-order chi connectivity index (χ0) is 13.4. The lowest BCUT2D eigenvalue weighted by atomic mass is 10.2. The van der Waals surface area contributed by atoms with Crippen LogP contribution in [0.3, 0.4) is 0 Å². The molecule has 0 aliphatic heterocycles. The van der Waals surface area contributed by atoms with E-state index >= 15 is 0 Å². The highest BCUT2D eigenvalue weighted by Gasteiger charge is 2.17. The van der Waals surface area contributed by atoms with E-state index in [1.54, 1.807) is 6.26 Å². The van der Waals surface area contributed by atoms with Gasteiger partial charge in [0, 0.05) is 25.4 Å². The molecule has 0 amide bonds. The lowest BCUT2D eigenvalue weighted by molar-refractivity contribution is 0.517. The molecular formula is C13H25N3OS. The van der Waals surface area contributed by atoms with Crippen LogP contribution in [0.15, 0.2) is 10.7 Å². The Morgan fingerprint density at radius 2 is 2.28 bits per heavy atom. The standard InChI is InChI=1S/C13H25N3OS/c1-5-7-14-8-11-9-17-13(15-11)16(3)12(6-2)10-18-4/h9,12,14H,5-8,10H2,1-4H3. The summed E-state index contributed by atoms with van der Waals surface area (Å²) in [5.74, 6) is 1.10. The summed E-state index contributed by atoms with van der Waals surface area (Å²) in [6.45, 7) is 6.15. The van der Waals surface area contributed by atoms with E-state index in [4.69, 9.17) is 4.42 Å². The molecule has 104 valence electrons. The molecule has 0 fully saturated rings. The number of hydrogen-bond acceptors (Lipinski definition) is 5. The van der Waals surface area contributed by atoms with Crippen molar-refractivity contribution >= 4 is 17.8 Å².